The maximum Gasteiger partial charge on any atom is 0.268 e. The Balaban J connectivity index is 2.09. The van der Waals surface area contributed by atoms with E-state index in [4.69, 9.17) is 4.74 Å². The molecule has 0 bridgehead atoms. The van der Waals surface area contributed by atoms with Crippen LogP contribution in [0.3, 0.4) is 0 Å². The first-order valence-corrected chi connectivity index (χ1v) is 6.89. The average Bonchev–Trinajstić information content (AvgIpc) is 2.38. The van der Waals surface area contributed by atoms with Gasteiger partial charge in [-0.3, -0.25) is 4.79 Å². The molecule has 0 aromatic carbocycles. The maximum atomic E-state index is 11.8. The molecule has 0 amide bonds. The number of hydrogen-bond acceptors (Lipinski definition) is 4. The number of rotatable bonds is 4. The first-order chi connectivity index (χ1) is 8.31. The van der Waals surface area contributed by atoms with E-state index in [0.717, 1.165) is 30.5 Å². The molecule has 17 heavy (non-hydrogen) atoms. The van der Waals surface area contributed by atoms with Crippen LogP contribution >= 0.6 is 15.9 Å². The number of aryl methyl sites for hydroxylation is 1. The van der Waals surface area contributed by atoms with E-state index >= 15 is 0 Å². The Bertz CT molecular complexity index is 415. The molecule has 0 unspecified atom stereocenters. The van der Waals surface area contributed by atoms with Crippen molar-refractivity contribution in [1.82, 2.24) is 9.78 Å². The maximum absolute atomic E-state index is 11.8. The van der Waals surface area contributed by atoms with E-state index in [1.54, 1.807) is 12.3 Å². The minimum absolute atomic E-state index is 0.0325. The number of ether oxygens (including phenoxy) is 1. The Hall–Kier alpha value is -0.880. The zero-order valence-electron chi connectivity index (χ0n) is 9.64. The smallest absolute Gasteiger partial charge is 0.268 e. The predicted octanol–water partition coefficient (Wildman–Crippen LogP) is 0.865. The van der Waals surface area contributed by atoms with Crippen LogP contribution in [0.25, 0.3) is 0 Å². The molecule has 94 valence electrons. The first-order valence-electron chi connectivity index (χ1n) is 5.77. The van der Waals surface area contributed by atoms with Crippen LogP contribution < -0.4 is 10.5 Å². The molecule has 1 aliphatic heterocycles. The summed E-state index contributed by atoms with van der Waals surface area (Å²) in [6.45, 7) is 3.74. The van der Waals surface area contributed by atoms with E-state index in [9.17, 15) is 4.79 Å². The highest BCUT2D eigenvalue weighted by atomic mass is 79.9. The molecular formula is C11H16BrN3O2. The number of hydrogen-bond donors (Lipinski definition) is 0. The van der Waals surface area contributed by atoms with E-state index < -0.39 is 0 Å². The summed E-state index contributed by atoms with van der Waals surface area (Å²) in [6, 6.07) is 1.66. The summed E-state index contributed by atoms with van der Waals surface area (Å²) in [5.41, 5.74) is 0.864. The van der Waals surface area contributed by atoms with Crippen LogP contribution in [0, 0.1) is 0 Å². The molecule has 1 aromatic heterocycles. The molecule has 0 spiro atoms. The zero-order chi connectivity index (χ0) is 12.1. The Labute approximate surface area is 109 Å². The van der Waals surface area contributed by atoms with Crippen LogP contribution in [0.1, 0.15) is 6.42 Å². The van der Waals surface area contributed by atoms with Crippen molar-refractivity contribution in [3.8, 4) is 0 Å². The van der Waals surface area contributed by atoms with Crippen LogP contribution in [0.15, 0.2) is 17.1 Å². The number of anilines is 1. The van der Waals surface area contributed by atoms with Crippen molar-refractivity contribution in [2.45, 2.75) is 13.0 Å². The normalized spacial score (nSPS) is 16.2. The van der Waals surface area contributed by atoms with Gasteiger partial charge in [-0.05, 0) is 6.42 Å². The molecular weight excluding hydrogens is 286 g/mol. The molecule has 6 heteroatoms. The average molecular weight is 302 g/mol. The second-order valence-corrected chi connectivity index (χ2v) is 4.71. The van der Waals surface area contributed by atoms with Crippen LogP contribution in [-0.2, 0) is 11.3 Å². The highest BCUT2D eigenvalue weighted by Gasteiger charge is 2.12. The molecule has 1 aromatic rings. The van der Waals surface area contributed by atoms with E-state index in [2.05, 4.69) is 25.9 Å². The van der Waals surface area contributed by atoms with Gasteiger partial charge < -0.3 is 9.64 Å². The minimum atomic E-state index is -0.0325. The van der Waals surface area contributed by atoms with Crippen molar-refractivity contribution in [3.05, 3.63) is 22.6 Å². The van der Waals surface area contributed by atoms with E-state index in [1.807, 2.05) is 0 Å². The largest absolute Gasteiger partial charge is 0.378 e. The Morgan fingerprint density at radius 2 is 2.18 bits per heavy atom. The number of alkyl halides is 1. The SMILES string of the molecule is O=c1cc(N2CCOCC2)cnn1CCCBr. The van der Waals surface area contributed by atoms with Crippen LogP contribution in [-0.4, -0.2) is 41.4 Å². The van der Waals surface area contributed by atoms with Gasteiger partial charge in [0.2, 0.25) is 0 Å². The molecule has 0 saturated carbocycles. The third-order valence-corrected chi connectivity index (χ3v) is 3.30. The van der Waals surface area contributed by atoms with Gasteiger partial charge in [0.1, 0.15) is 0 Å². The van der Waals surface area contributed by atoms with Crippen molar-refractivity contribution in [2.75, 3.05) is 36.5 Å². The lowest BCUT2D eigenvalue weighted by molar-refractivity contribution is 0.122. The second-order valence-electron chi connectivity index (χ2n) is 3.92. The molecule has 1 fully saturated rings. The molecule has 2 rings (SSSR count). The van der Waals surface area contributed by atoms with Crippen molar-refractivity contribution < 1.29 is 4.74 Å². The fourth-order valence-electron chi connectivity index (χ4n) is 1.80. The van der Waals surface area contributed by atoms with Gasteiger partial charge >= 0.3 is 0 Å². The monoisotopic (exact) mass is 301 g/mol. The second kappa shape index (κ2) is 6.16. The third-order valence-electron chi connectivity index (χ3n) is 2.73. The fourth-order valence-corrected chi connectivity index (χ4v) is 2.05. The Morgan fingerprint density at radius 3 is 2.82 bits per heavy atom. The van der Waals surface area contributed by atoms with Crippen LogP contribution in [0.4, 0.5) is 5.69 Å². The molecule has 1 aliphatic rings. The van der Waals surface area contributed by atoms with Crippen molar-refractivity contribution >= 4 is 21.6 Å². The van der Waals surface area contributed by atoms with Gasteiger partial charge in [0, 0.05) is 31.0 Å². The Morgan fingerprint density at radius 1 is 1.41 bits per heavy atom. The highest BCUT2D eigenvalue weighted by molar-refractivity contribution is 9.09. The van der Waals surface area contributed by atoms with Gasteiger partial charge in [0.25, 0.3) is 5.56 Å². The van der Waals surface area contributed by atoms with Gasteiger partial charge in [-0.1, -0.05) is 15.9 Å². The van der Waals surface area contributed by atoms with Crippen molar-refractivity contribution in [1.29, 1.82) is 0 Å². The molecule has 0 radical (unpaired) electrons. The van der Waals surface area contributed by atoms with Crippen LogP contribution in [0.5, 0.6) is 0 Å². The molecule has 2 heterocycles. The summed E-state index contributed by atoms with van der Waals surface area (Å²) in [5.74, 6) is 0. The number of halogens is 1. The topological polar surface area (TPSA) is 47.4 Å². The molecule has 5 nitrogen and oxygen atoms in total. The standard InChI is InChI=1S/C11H16BrN3O2/c12-2-1-3-15-11(16)8-10(9-13-15)14-4-6-17-7-5-14/h8-9H,1-7H2. The van der Waals surface area contributed by atoms with Gasteiger partial charge in [0.05, 0.1) is 25.1 Å². The summed E-state index contributed by atoms with van der Waals surface area (Å²) in [5, 5.41) is 5.07. The van der Waals surface area contributed by atoms with Gasteiger partial charge in [-0.15, -0.1) is 0 Å². The highest BCUT2D eigenvalue weighted by Crippen LogP contribution is 2.11. The number of aromatic nitrogens is 2. The van der Waals surface area contributed by atoms with Gasteiger partial charge in [-0.25, -0.2) is 4.68 Å². The fraction of sp³-hybridized carbons (Fsp3) is 0.636. The molecule has 0 N–H and O–H groups in total. The summed E-state index contributed by atoms with van der Waals surface area (Å²) in [7, 11) is 0. The summed E-state index contributed by atoms with van der Waals surface area (Å²) < 4.78 is 6.78. The van der Waals surface area contributed by atoms with Gasteiger partial charge in [0.15, 0.2) is 0 Å². The molecule has 0 atom stereocenters. The van der Waals surface area contributed by atoms with E-state index in [0.29, 0.717) is 19.8 Å². The lowest BCUT2D eigenvalue weighted by atomic mass is 10.3. The predicted molar refractivity (Wildman–Crippen MR) is 69.9 cm³/mol. The van der Waals surface area contributed by atoms with Gasteiger partial charge in [-0.2, -0.15) is 5.10 Å². The summed E-state index contributed by atoms with van der Waals surface area (Å²) in [6.07, 6.45) is 2.67. The Kier molecular flexibility index (Phi) is 4.56. The van der Waals surface area contributed by atoms with Crippen molar-refractivity contribution in [3.63, 3.8) is 0 Å². The van der Waals surface area contributed by atoms with E-state index in [1.165, 1.54) is 4.68 Å². The third kappa shape index (κ3) is 3.29. The molecule has 0 aliphatic carbocycles. The summed E-state index contributed by atoms with van der Waals surface area (Å²) >= 11 is 3.34. The lowest BCUT2D eigenvalue weighted by Gasteiger charge is -2.28. The quantitative estimate of drug-likeness (QED) is 0.774. The number of nitrogens with zero attached hydrogens (tertiary/aromatic N) is 3. The minimum Gasteiger partial charge on any atom is -0.378 e. The first kappa shape index (κ1) is 12.6. The zero-order valence-corrected chi connectivity index (χ0v) is 11.2. The van der Waals surface area contributed by atoms with Crippen LogP contribution in [0.2, 0.25) is 0 Å². The van der Waals surface area contributed by atoms with E-state index in [-0.39, 0.29) is 5.56 Å². The molecule has 1 saturated heterocycles. The summed E-state index contributed by atoms with van der Waals surface area (Å²) in [4.78, 5) is 13.9. The van der Waals surface area contributed by atoms with Crippen molar-refractivity contribution in [2.24, 2.45) is 0 Å². The number of morpholine rings is 1. The lowest BCUT2D eigenvalue weighted by Crippen LogP contribution is -2.37.